The highest BCUT2D eigenvalue weighted by molar-refractivity contribution is 9.10. The predicted octanol–water partition coefficient (Wildman–Crippen LogP) is 4.59. The smallest absolute Gasteiger partial charge is 0.0976 e. The van der Waals surface area contributed by atoms with E-state index in [1.54, 1.807) is 0 Å². The van der Waals surface area contributed by atoms with Crippen LogP contribution in [-0.4, -0.2) is 5.11 Å². The van der Waals surface area contributed by atoms with Gasteiger partial charge in [-0.3, -0.25) is 0 Å². The summed E-state index contributed by atoms with van der Waals surface area (Å²) in [6, 6.07) is 10.1. The summed E-state index contributed by atoms with van der Waals surface area (Å²) in [5.41, 5.74) is 0.249. The highest BCUT2D eigenvalue weighted by Gasteiger charge is 2.42. The Morgan fingerprint density at radius 3 is 2.42 bits per heavy atom. The van der Waals surface area contributed by atoms with Crippen LogP contribution < -0.4 is 0 Å². The van der Waals surface area contributed by atoms with E-state index >= 15 is 0 Å². The van der Waals surface area contributed by atoms with Crippen molar-refractivity contribution in [1.82, 2.24) is 0 Å². The van der Waals surface area contributed by atoms with Crippen molar-refractivity contribution in [2.24, 2.45) is 11.3 Å². The van der Waals surface area contributed by atoms with Crippen molar-refractivity contribution in [3.63, 3.8) is 0 Å². The lowest BCUT2D eigenvalue weighted by atomic mass is 9.66. The molecule has 1 N–H and O–H groups in total. The fourth-order valence-electron chi connectivity index (χ4n) is 3.01. The zero-order valence-electron chi connectivity index (χ0n) is 11.3. The van der Waals surface area contributed by atoms with Crippen molar-refractivity contribution in [2.45, 2.75) is 45.1 Å². The Morgan fingerprint density at radius 2 is 1.95 bits per heavy atom. The molecule has 0 bridgehead atoms. The molecule has 0 aliphatic heterocycles. The first-order valence-electron chi connectivity index (χ1n) is 6.96. The minimum absolute atomic E-state index is 0.598. The Balaban J connectivity index is 2.18. The standard InChI is InChI=1S/C16H20BrNO/c1-2-12-7-9-16(11-18,10-8-12)15(19)13-3-5-14(17)6-4-13/h3-6,12,15,19H,2,7-10H2,1H3. The van der Waals surface area contributed by atoms with Gasteiger partial charge in [-0.15, -0.1) is 0 Å². The van der Waals surface area contributed by atoms with Crippen LogP contribution in [0.3, 0.4) is 0 Å². The molecule has 1 aromatic rings. The van der Waals surface area contributed by atoms with E-state index < -0.39 is 11.5 Å². The molecule has 0 heterocycles. The van der Waals surface area contributed by atoms with Crippen LogP contribution in [-0.2, 0) is 0 Å². The van der Waals surface area contributed by atoms with Gasteiger partial charge >= 0.3 is 0 Å². The molecule has 0 amide bonds. The Kier molecular flexibility index (Phi) is 4.65. The van der Waals surface area contributed by atoms with E-state index in [0.29, 0.717) is 0 Å². The van der Waals surface area contributed by atoms with Crippen LogP contribution in [0, 0.1) is 22.7 Å². The van der Waals surface area contributed by atoms with E-state index in [0.717, 1.165) is 41.6 Å². The molecule has 1 aliphatic rings. The number of hydrogen-bond donors (Lipinski definition) is 1. The van der Waals surface area contributed by atoms with Crippen molar-refractivity contribution >= 4 is 15.9 Å². The van der Waals surface area contributed by atoms with Crippen LogP contribution in [0.5, 0.6) is 0 Å². The second-order valence-corrected chi connectivity index (χ2v) is 6.49. The largest absolute Gasteiger partial charge is 0.387 e. The molecule has 1 aliphatic carbocycles. The van der Waals surface area contributed by atoms with Gasteiger partial charge in [0, 0.05) is 4.47 Å². The molecule has 1 atom stereocenters. The van der Waals surface area contributed by atoms with Crippen molar-refractivity contribution < 1.29 is 5.11 Å². The lowest BCUT2D eigenvalue weighted by molar-refractivity contribution is 0.0243. The number of rotatable bonds is 3. The van der Waals surface area contributed by atoms with Crippen molar-refractivity contribution in [3.8, 4) is 6.07 Å². The molecular weight excluding hydrogens is 302 g/mol. The Hall–Kier alpha value is -0.850. The number of aliphatic hydroxyl groups is 1. The monoisotopic (exact) mass is 321 g/mol. The van der Waals surface area contributed by atoms with E-state index in [9.17, 15) is 10.4 Å². The van der Waals surface area contributed by atoms with Gasteiger partial charge in [0.25, 0.3) is 0 Å². The molecule has 102 valence electrons. The summed E-state index contributed by atoms with van der Waals surface area (Å²) < 4.78 is 0.990. The summed E-state index contributed by atoms with van der Waals surface area (Å²) in [6.45, 7) is 2.20. The van der Waals surface area contributed by atoms with Gasteiger partial charge in [0.05, 0.1) is 17.6 Å². The first-order chi connectivity index (χ1) is 9.11. The third-order valence-corrected chi connectivity index (χ3v) is 5.04. The van der Waals surface area contributed by atoms with E-state index in [-0.39, 0.29) is 0 Å². The van der Waals surface area contributed by atoms with Gasteiger partial charge in [0.2, 0.25) is 0 Å². The molecule has 0 saturated heterocycles. The van der Waals surface area contributed by atoms with E-state index in [4.69, 9.17) is 0 Å². The first-order valence-corrected chi connectivity index (χ1v) is 7.75. The number of aliphatic hydroxyl groups excluding tert-OH is 1. The van der Waals surface area contributed by atoms with Crippen LogP contribution in [0.25, 0.3) is 0 Å². The van der Waals surface area contributed by atoms with Crippen molar-refractivity contribution in [1.29, 1.82) is 5.26 Å². The number of nitrogens with zero attached hydrogens (tertiary/aromatic N) is 1. The van der Waals surface area contributed by atoms with Crippen molar-refractivity contribution in [3.05, 3.63) is 34.3 Å². The van der Waals surface area contributed by atoms with Gasteiger partial charge in [-0.05, 0) is 49.3 Å². The van der Waals surface area contributed by atoms with Gasteiger partial charge in [-0.2, -0.15) is 5.26 Å². The summed E-state index contributed by atoms with van der Waals surface area (Å²) in [5, 5.41) is 20.2. The van der Waals surface area contributed by atoms with E-state index in [2.05, 4.69) is 28.9 Å². The summed E-state index contributed by atoms with van der Waals surface area (Å²) in [6.07, 6.45) is 4.22. The van der Waals surface area contributed by atoms with Gasteiger partial charge in [-0.1, -0.05) is 41.4 Å². The maximum absolute atomic E-state index is 10.6. The Bertz CT molecular complexity index is 455. The summed E-state index contributed by atoms with van der Waals surface area (Å²) in [5.74, 6) is 0.721. The molecule has 1 fully saturated rings. The first kappa shape index (κ1) is 14.6. The summed E-state index contributed by atoms with van der Waals surface area (Å²) >= 11 is 3.39. The molecule has 2 nitrogen and oxygen atoms in total. The van der Waals surface area contributed by atoms with Crippen LogP contribution in [0.4, 0.5) is 0 Å². The lowest BCUT2D eigenvalue weighted by Crippen LogP contribution is -2.32. The van der Waals surface area contributed by atoms with Crippen molar-refractivity contribution in [2.75, 3.05) is 0 Å². The average molecular weight is 322 g/mol. The summed E-state index contributed by atoms with van der Waals surface area (Å²) in [4.78, 5) is 0. The Labute approximate surface area is 123 Å². The Morgan fingerprint density at radius 1 is 1.37 bits per heavy atom. The predicted molar refractivity (Wildman–Crippen MR) is 79.4 cm³/mol. The SMILES string of the molecule is CCC1CCC(C#N)(C(O)c2ccc(Br)cc2)CC1. The number of benzene rings is 1. The second kappa shape index (κ2) is 6.07. The normalized spacial score (nSPS) is 28.6. The van der Waals surface area contributed by atoms with Crippen LogP contribution in [0.15, 0.2) is 28.7 Å². The van der Waals surface area contributed by atoms with Gasteiger partial charge in [-0.25, -0.2) is 0 Å². The maximum Gasteiger partial charge on any atom is 0.0976 e. The van der Waals surface area contributed by atoms with Crippen LogP contribution >= 0.6 is 15.9 Å². The van der Waals surface area contributed by atoms with Gasteiger partial charge in [0.15, 0.2) is 0 Å². The fraction of sp³-hybridized carbons (Fsp3) is 0.562. The lowest BCUT2D eigenvalue weighted by Gasteiger charge is -2.38. The molecule has 1 aromatic carbocycles. The minimum Gasteiger partial charge on any atom is -0.387 e. The zero-order valence-corrected chi connectivity index (χ0v) is 12.9. The fourth-order valence-corrected chi connectivity index (χ4v) is 3.28. The molecule has 0 aromatic heterocycles. The highest BCUT2D eigenvalue weighted by atomic mass is 79.9. The molecule has 1 unspecified atom stereocenters. The molecule has 0 spiro atoms. The number of halogens is 1. The third kappa shape index (κ3) is 3.01. The molecule has 3 heteroatoms. The number of hydrogen-bond acceptors (Lipinski definition) is 2. The second-order valence-electron chi connectivity index (χ2n) is 5.57. The average Bonchev–Trinajstić information content (AvgIpc) is 2.47. The molecular formula is C16H20BrNO. The summed E-state index contributed by atoms with van der Waals surface area (Å²) in [7, 11) is 0. The molecule has 1 saturated carbocycles. The van der Waals surface area contributed by atoms with Crippen LogP contribution in [0.1, 0.15) is 50.7 Å². The van der Waals surface area contributed by atoms with Gasteiger partial charge in [0.1, 0.15) is 0 Å². The molecule has 2 rings (SSSR count). The van der Waals surface area contributed by atoms with Gasteiger partial charge < -0.3 is 5.11 Å². The third-order valence-electron chi connectivity index (χ3n) is 4.51. The van der Waals surface area contributed by atoms with E-state index in [1.165, 1.54) is 6.42 Å². The zero-order chi connectivity index (χ0) is 13.9. The number of nitriles is 1. The maximum atomic E-state index is 10.6. The van der Waals surface area contributed by atoms with E-state index in [1.807, 2.05) is 24.3 Å². The minimum atomic E-state index is -0.677. The molecule has 19 heavy (non-hydrogen) atoms. The quantitative estimate of drug-likeness (QED) is 0.884. The topological polar surface area (TPSA) is 44.0 Å². The van der Waals surface area contributed by atoms with Crippen LogP contribution in [0.2, 0.25) is 0 Å². The highest BCUT2D eigenvalue weighted by Crippen LogP contribution is 2.47. The molecule has 0 radical (unpaired) electrons.